The van der Waals surface area contributed by atoms with Gasteiger partial charge in [0.2, 0.25) is 0 Å². The molecule has 7 nitrogen and oxygen atoms in total. The second-order valence-corrected chi connectivity index (χ2v) is 15.4. The number of aliphatic hydroxyl groups is 1. The molecule has 0 radical (unpaired) electrons. The number of alkyl carbamates (subject to hydrolysis) is 1. The summed E-state index contributed by atoms with van der Waals surface area (Å²) < 4.78 is 5.25. The maximum atomic E-state index is 14.5. The van der Waals surface area contributed by atoms with Gasteiger partial charge in [0, 0.05) is 22.3 Å². The largest absolute Gasteiger partial charge is 0.447 e. The number of nitrogens with zero attached hydrogens (tertiary/aromatic N) is 1. The molecule has 0 unspecified atom stereocenters. The third-order valence-corrected chi connectivity index (χ3v) is 12.5. The molecular formula is C33H46N2O5. The van der Waals surface area contributed by atoms with Gasteiger partial charge >= 0.3 is 6.09 Å². The van der Waals surface area contributed by atoms with E-state index in [9.17, 15) is 19.6 Å². The van der Waals surface area contributed by atoms with Gasteiger partial charge in [0.05, 0.1) is 12.2 Å². The molecule has 3 fully saturated rings. The fraction of sp³-hybridized carbons (Fsp3) is 0.758. The number of ketones is 2. The van der Waals surface area contributed by atoms with Gasteiger partial charge in [-0.3, -0.25) is 9.59 Å². The van der Waals surface area contributed by atoms with Crippen LogP contribution in [0.25, 0.3) is 0 Å². The van der Waals surface area contributed by atoms with Crippen LogP contribution in [0, 0.1) is 56.2 Å². The van der Waals surface area contributed by atoms with Crippen molar-refractivity contribution in [3.63, 3.8) is 0 Å². The highest BCUT2D eigenvalue weighted by atomic mass is 16.6. The molecule has 0 aliphatic heterocycles. The number of nitrogens with one attached hydrogen (secondary N) is 1. The van der Waals surface area contributed by atoms with Crippen LogP contribution in [0.1, 0.15) is 93.4 Å². The first-order chi connectivity index (χ1) is 18.5. The van der Waals surface area contributed by atoms with E-state index >= 15 is 0 Å². The van der Waals surface area contributed by atoms with Gasteiger partial charge < -0.3 is 15.2 Å². The lowest BCUT2D eigenvalue weighted by Gasteiger charge is -2.69. The van der Waals surface area contributed by atoms with Gasteiger partial charge in [-0.15, -0.1) is 0 Å². The van der Waals surface area contributed by atoms with Crippen LogP contribution in [-0.4, -0.2) is 41.5 Å². The Morgan fingerprint density at radius 2 is 1.75 bits per heavy atom. The molecule has 7 atom stereocenters. The Labute approximate surface area is 238 Å². The zero-order valence-corrected chi connectivity index (χ0v) is 25.3. The van der Waals surface area contributed by atoms with E-state index in [-0.39, 0.29) is 64.4 Å². The second-order valence-electron chi connectivity index (χ2n) is 15.4. The van der Waals surface area contributed by atoms with Crippen LogP contribution in [0.15, 0.2) is 23.3 Å². The summed E-state index contributed by atoms with van der Waals surface area (Å²) in [6.07, 6.45) is 9.07. The number of nitriles is 1. The van der Waals surface area contributed by atoms with Gasteiger partial charge in [-0.25, -0.2) is 4.79 Å². The fourth-order valence-electron chi connectivity index (χ4n) is 10.2. The third kappa shape index (κ3) is 3.81. The summed E-state index contributed by atoms with van der Waals surface area (Å²) in [7, 11) is 0. The molecule has 0 aromatic carbocycles. The van der Waals surface area contributed by atoms with Crippen molar-refractivity contribution in [2.75, 3.05) is 13.2 Å². The molecule has 5 aliphatic rings. The number of amides is 1. The summed E-state index contributed by atoms with van der Waals surface area (Å²) in [6.45, 7) is 14.9. The monoisotopic (exact) mass is 550 g/mol. The molecule has 218 valence electrons. The molecule has 40 heavy (non-hydrogen) atoms. The summed E-state index contributed by atoms with van der Waals surface area (Å²) in [5, 5.41) is 22.3. The Balaban J connectivity index is 1.63. The molecule has 0 heterocycles. The normalized spacial score (nSPS) is 43.0. The smallest absolute Gasteiger partial charge is 0.407 e. The van der Waals surface area contributed by atoms with Crippen molar-refractivity contribution >= 4 is 17.7 Å². The number of aliphatic hydroxyl groups excluding tert-OH is 1. The van der Waals surface area contributed by atoms with Crippen molar-refractivity contribution in [1.82, 2.24) is 5.32 Å². The molecule has 0 saturated heterocycles. The molecular weight excluding hydrogens is 504 g/mol. The van der Waals surface area contributed by atoms with Crippen molar-refractivity contribution in [2.45, 2.75) is 99.0 Å². The number of ether oxygens (including phenoxy) is 1. The zero-order valence-electron chi connectivity index (χ0n) is 25.3. The van der Waals surface area contributed by atoms with Gasteiger partial charge in [0.15, 0.2) is 11.6 Å². The number of hydrogen-bond donors (Lipinski definition) is 2. The predicted molar refractivity (Wildman–Crippen MR) is 151 cm³/mol. The van der Waals surface area contributed by atoms with Crippen LogP contribution in [-0.2, 0) is 14.3 Å². The molecule has 0 spiro atoms. The maximum absolute atomic E-state index is 14.5. The molecule has 5 aliphatic carbocycles. The van der Waals surface area contributed by atoms with Crippen LogP contribution in [0.3, 0.4) is 0 Å². The Morgan fingerprint density at radius 3 is 2.40 bits per heavy atom. The number of carbonyl (C=O) groups is 3. The Hall–Kier alpha value is -2.46. The van der Waals surface area contributed by atoms with Crippen molar-refractivity contribution < 1.29 is 24.2 Å². The van der Waals surface area contributed by atoms with E-state index in [4.69, 9.17) is 9.84 Å². The van der Waals surface area contributed by atoms with Gasteiger partial charge in [-0.2, -0.15) is 5.26 Å². The number of rotatable bonds is 3. The van der Waals surface area contributed by atoms with Crippen molar-refractivity contribution in [3.05, 3.63) is 23.3 Å². The molecule has 3 saturated carbocycles. The molecule has 0 aromatic heterocycles. The summed E-state index contributed by atoms with van der Waals surface area (Å²) in [6, 6.07) is 2.17. The standard InChI is InChI=1S/C33H46N2O5/c1-28(2)10-12-33(35-27(39)40-15-14-36)13-11-32(7)25(21(33)18-28)22(37)16-24-30(5)17-20(19-34)26(38)29(3,4)23(30)8-9-31(24,32)6/h16-17,21,23,25,36H,8-15,18H2,1-7H3,(H,35,39)/t21-,23-,25-,30-,31+,32+,33-/m0/s1. The first-order valence-corrected chi connectivity index (χ1v) is 15.0. The van der Waals surface area contributed by atoms with Crippen molar-refractivity contribution in [2.24, 2.45) is 44.8 Å². The van der Waals surface area contributed by atoms with Crippen LogP contribution >= 0.6 is 0 Å². The molecule has 0 bridgehead atoms. The first kappa shape index (κ1) is 29.0. The first-order valence-electron chi connectivity index (χ1n) is 15.0. The van der Waals surface area contributed by atoms with E-state index in [1.165, 1.54) is 0 Å². The highest BCUT2D eigenvalue weighted by Crippen LogP contribution is 2.73. The average molecular weight is 551 g/mol. The Kier molecular flexibility index (Phi) is 6.55. The third-order valence-electron chi connectivity index (χ3n) is 12.5. The SMILES string of the molecule is CC1(C)CC[C@]2(NC(=O)OCCO)CC[C@]3(C)[C@H](C(=O)C=C4[C@@]5(C)C=C(C#N)C(=O)C(C)(C)[C@@H]5CC[C@]43C)[C@@H]2C1. The lowest BCUT2D eigenvalue weighted by atomic mass is 9.35. The average Bonchev–Trinajstić information content (AvgIpc) is 2.87. The minimum absolute atomic E-state index is 0.0103. The number of Topliss-reactive ketones (excluding diaryl/α,β-unsaturated/α-hetero) is 1. The number of allylic oxidation sites excluding steroid dienone is 4. The number of fused-ring (bicyclic) bond motifs is 7. The van der Waals surface area contributed by atoms with E-state index in [0.29, 0.717) is 0 Å². The number of hydrogen-bond acceptors (Lipinski definition) is 6. The van der Waals surface area contributed by atoms with Crippen LogP contribution in [0.5, 0.6) is 0 Å². The maximum Gasteiger partial charge on any atom is 0.407 e. The van der Waals surface area contributed by atoms with E-state index in [1.807, 2.05) is 26.0 Å². The lowest BCUT2D eigenvalue weighted by Crippen LogP contribution is -2.69. The van der Waals surface area contributed by atoms with E-state index in [0.717, 1.165) is 50.5 Å². The molecule has 7 heteroatoms. The Morgan fingerprint density at radius 1 is 1.07 bits per heavy atom. The summed E-state index contributed by atoms with van der Waals surface area (Å²) in [5.74, 6) is -0.282. The van der Waals surface area contributed by atoms with Crippen LogP contribution < -0.4 is 5.32 Å². The summed E-state index contributed by atoms with van der Waals surface area (Å²) >= 11 is 0. The second kappa shape index (κ2) is 9.02. The van der Waals surface area contributed by atoms with Gasteiger partial charge in [0.1, 0.15) is 12.7 Å². The van der Waals surface area contributed by atoms with Crippen LogP contribution in [0.4, 0.5) is 4.79 Å². The van der Waals surface area contributed by atoms with Crippen molar-refractivity contribution in [1.29, 1.82) is 5.26 Å². The quantitative estimate of drug-likeness (QED) is 0.467. The van der Waals surface area contributed by atoms with E-state index in [1.54, 1.807) is 0 Å². The predicted octanol–water partition coefficient (Wildman–Crippen LogP) is 5.68. The van der Waals surface area contributed by atoms with Gasteiger partial charge in [0.25, 0.3) is 0 Å². The van der Waals surface area contributed by atoms with Crippen molar-refractivity contribution in [3.8, 4) is 6.07 Å². The minimum Gasteiger partial charge on any atom is -0.447 e. The van der Waals surface area contributed by atoms with Crippen LogP contribution in [0.2, 0.25) is 0 Å². The topological polar surface area (TPSA) is 116 Å². The molecule has 1 amide bonds. The van der Waals surface area contributed by atoms with Gasteiger partial charge in [-0.1, -0.05) is 60.1 Å². The molecule has 2 N–H and O–H groups in total. The highest BCUT2D eigenvalue weighted by molar-refractivity contribution is 6.04. The molecule has 5 rings (SSSR count). The van der Waals surface area contributed by atoms with E-state index in [2.05, 4.69) is 46.0 Å². The lowest BCUT2D eigenvalue weighted by molar-refractivity contribution is -0.161. The summed E-state index contributed by atoms with van der Waals surface area (Å²) in [5.41, 5.74) is -1.10. The highest BCUT2D eigenvalue weighted by Gasteiger charge is 2.70. The minimum atomic E-state index is -0.689. The zero-order chi connectivity index (χ0) is 29.5. The fourth-order valence-corrected chi connectivity index (χ4v) is 10.2. The number of carbonyl (C=O) groups excluding carboxylic acids is 3. The van der Waals surface area contributed by atoms with E-state index < -0.39 is 22.5 Å². The Bertz CT molecular complexity index is 1260. The summed E-state index contributed by atoms with van der Waals surface area (Å²) in [4.78, 5) is 40.6. The van der Waals surface area contributed by atoms with Gasteiger partial charge in [-0.05, 0) is 79.1 Å². The molecule has 0 aromatic rings.